The van der Waals surface area contributed by atoms with Gasteiger partial charge in [-0.2, -0.15) is 0 Å². The lowest BCUT2D eigenvalue weighted by molar-refractivity contribution is -0.144. The highest BCUT2D eigenvalue weighted by Crippen LogP contribution is 2.09. The molecule has 0 saturated carbocycles. The van der Waals surface area contributed by atoms with Gasteiger partial charge in [-0.25, -0.2) is 4.79 Å². The van der Waals surface area contributed by atoms with Gasteiger partial charge in [0.1, 0.15) is 18.1 Å². The van der Waals surface area contributed by atoms with E-state index < -0.39 is 79.1 Å². The summed E-state index contributed by atoms with van der Waals surface area (Å²) in [5, 5.41) is 34.1. The molecule has 0 aliphatic rings. The van der Waals surface area contributed by atoms with Crippen LogP contribution in [0.4, 0.5) is 0 Å². The van der Waals surface area contributed by atoms with Gasteiger partial charge in [0.25, 0.3) is 0 Å². The second kappa shape index (κ2) is 14.8. The largest absolute Gasteiger partial charge is 0.481 e. The van der Waals surface area contributed by atoms with Crippen LogP contribution in [0.25, 0.3) is 0 Å². The van der Waals surface area contributed by atoms with Gasteiger partial charge in [-0.15, -0.1) is 0 Å². The van der Waals surface area contributed by atoms with Gasteiger partial charge in [-0.05, 0) is 31.1 Å². The van der Waals surface area contributed by atoms with Crippen LogP contribution in [0.2, 0.25) is 0 Å². The third-order valence-corrected chi connectivity index (χ3v) is 4.90. The van der Waals surface area contributed by atoms with Crippen molar-refractivity contribution in [3.63, 3.8) is 0 Å². The fourth-order valence-electron chi connectivity index (χ4n) is 2.88. The Morgan fingerprint density at radius 3 is 1.50 bits per heavy atom. The highest BCUT2D eigenvalue weighted by molar-refractivity contribution is 5.94. The van der Waals surface area contributed by atoms with Crippen molar-refractivity contribution in [2.24, 2.45) is 17.6 Å². The fraction of sp³-hybridized carbons (Fsp3) is 0.714. The van der Waals surface area contributed by atoms with Gasteiger partial charge in [0, 0.05) is 12.8 Å². The minimum atomic E-state index is -1.55. The summed E-state index contributed by atoms with van der Waals surface area (Å²) in [6.07, 6.45) is -1.60. The lowest BCUT2D eigenvalue weighted by atomic mass is 10.00. The number of amides is 3. The first-order valence-electron chi connectivity index (χ1n) is 11.0. The van der Waals surface area contributed by atoms with Crippen LogP contribution >= 0.6 is 0 Å². The number of carboxylic acids is 3. The molecule has 0 heterocycles. The van der Waals surface area contributed by atoms with Gasteiger partial charge < -0.3 is 37.0 Å². The van der Waals surface area contributed by atoms with Crippen molar-refractivity contribution >= 4 is 35.6 Å². The summed E-state index contributed by atoms with van der Waals surface area (Å²) in [5.74, 6) is -6.54. The molecule has 0 aliphatic heterocycles. The Kier molecular flexibility index (Phi) is 13.4. The predicted molar refractivity (Wildman–Crippen MR) is 119 cm³/mol. The quantitative estimate of drug-likeness (QED) is 0.144. The van der Waals surface area contributed by atoms with E-state index in [0.717, 1.165) is 0 Å². The fourth-order valence-corrected chi connectivity index (χ4v) is 2.88. The molecule has 0 radical (unpaired) electrons. The molecule has 3 amide bonds. The molecule has 0 saturated heterocycles. The van der Waals surface area contributed by atoms with E-state index in [1.54, 1.807) is 13.8 Å². The Morgan fingerprint density at radius 1 is 0.676 bits per heavy atom. The summed E-state index contributed by atoms with van der Waals surface area (Å²) < 4.78 is 0. The molecule has 0 bridgehead atoms. The summed E-state index contributed by atoms with van der Waals surface area (Å²) in [5.41, 5.74) is 5.83. The lowest BCUT2D eigenvalue weighted by Gasteiger charge is -2.26. The number of carboxylic acid groups (broad SMARTS) is 3. The molecule has 0 aromatic carbocycles. The molecule has 13 nitrogen and oxygen atoms in total. The van der Waals surface area contributed by atoms with Gasteiger partial charge in [0.2, 0.25) is 17.7 Å². The van der Waals surface area contributed by atoms with E-state index in [2.05, 4.69) is 16.0 Å². The zero-order chi connectivity index (χ0) is 26.6. The molecule has 0 aromatic rings. The second-order valence-corrected chi connectivity index (χ2v) is 8.79. The third kappa shape index (κ3) is 12.1. The van der Waals surface area contributed by atoms with Crippen molar-refractivity contribution in [2.45, 2.75) is 84.0 Å². The van der Waals surface area contributed by atoms with Crippen LogP contribution in [0.5, 0.6) is 0 Å². The predicted octanol–water partition coefficient (Wildman–Crippen LogP) is -0.716. The van der Waals surface area contributed by atoms with E-state index in [1.807, 2.05) is 13.8 Å². The molecular formula is C21H36N4O9. The number of aliphatic carboxylic acids is 3. The molecular weight excluding hydrogens is 452 g/mol. The standard InChI is InChI=1S/C21H36N4O9/c1-10(2)9-14(25-20(32)17(22)11(3)4)19(31)23-12(5-7-15(26)27)18(30)24-13(21(33)34)6-8-16(28)29/h10-14,17H,5-9,22H2,1-4H3,(H,23,31)(H,24,30)(H,25,32)(H,26,27)(H,28,29)(H,33,34). The van der Waals surface area contributed by atoms with E-state index in [9.17, 15) is 33.9 Å². The molecule has 34 heavy (non-hydrogen) atoms. The normalized spacial score (nSPS) is 14.6. The van der Waals surface area contributed by atoms with Crippen LogP contribution in [0.15, 0.2) is 0 Å². The van der Waals surface area contributed by atoms with Crippen LogP contribution in [0, 0.1) is 11.8 Å². The first kappa shape index (κ1) is 30.8. The maximum atomic E-state index is 12.9. The maximum Gasteiger partial charge on any atom is 0.326 e. The molecule has 0 spiro atoms. The first-order chi connectivity index (χ1) is 15.6. The van der Waals surface area contributed by atoms with Gasteiger partial charge in [-0.3, -0.25) is 24.0 Å². The molecule has 4 unspecified atom stereocenters. The molecule has 0 fully saturated rings. The van der Waals surface area contributed by atoms with Crippen molar-refractivity contribution in [1.82, 2.24) is 16.0 Å². The summed E-state index contributed by atoms with van der Waals surface area (Å²) in [7, 11) is 0. The first-order valence-corrected chi connectivity index (χ1v) is 11.0. The van der Waals surface area contributed by atoms with Gasteiger partial charge in [0.15, 0.2) is 0 Å². The number of carbonyl (C=O) groups is 6. The Morgan fingerprint density at radius 2 is 1.09 bits per heavy atom. The molecule has 194 valence electrons. The van der Waals surface area contributed by atoms with E-state index in [-0.39, 0.29) is 24.7 Å². The number of hydrogen-bond acceptors (Lipinski definition) is 7. The van der Waals surface area contributed by atoms with Crippen LogP contribution in [0.1, 0.15) is 59.8 Å². The molecule has 0 aliphatic carbocycles. The number of rotatable bonds is 16. The SMILES string of the molecule is CC(C)CC(NC(=O)C(N)C(C)C)C(=O)NC(CCC(=O)O)C(=O)NC(CCC(=O)O)C(=O)O. The third-order valence-electron chi connectivity index (χ3n) is 4.90. The van der Waals surface area contributed by atoms with E-state index in [4.69, 9.17) is 15.9 Å². The molecule has 0 rings (SSSR count). The zero-order valence-corrected chi connectivity index (χ0v) is 19.9. The zero-order valence-electron chi connectivity index (χ0n) is 19.9. The van der Waals surface area contributed by atoms with Crippen molar-refractivity contribution in [1.29, 1.82) is 0 Å². The lowest BCUT2D eigenvalue weighted by Crippen LogP contribution is -2.57. The summed E-state index contributed by atoms with van der Waals surface area (Å²) in [6, 6.07) is -4.93. The minimum absolute atomic E-state index is 0.0370. The Hall–Kier alpha value is -3.22. The average molecular weight is 489 g/mol. The summed E-state index contributed by atoms with van der Waals surface area (Å²) in [4.78, 5) is 71.1. The number of hydrogen-bond donors (Lipinski definition) is 7. The Balaban J connectivity index is 5.59. The molecule has 8 N–H and O–H groups in total. The van der Waals surface area contributed by atoms with Crippen molar-refractivity contribution in [3.8, 4) is 0 Å². The molecule has 0 aromatic heterocycles. The Bertz CT molecular complexity index is 755. The van der Waals surface area contributed by atoms with Crippen molar-refractivity contribution in [3.05, 3.63) is 0 Å². The van der Waals surface area contributed by atoms with Crippen molar-refractivity contribution in [2.75, 3.05) is 0 Å². The van der Waals surface area contributed by atoms with E-state index >= 15 is 0 Å². The Labute approximate surface area is 197 Å². The molecule has 13 heteroatoms. The van der Waals surface area contributed by atoms with Crippen LogP contribution < -0.4 is 21.7 Å². The van der Waals surface area contributed by atoms with E-state index in [1.165, 1.54) is 0 Å². The molecule has 4 atom stereocenters. The second-order valence-electron chi connectivity index (χ2n) is 8.79. The number of nitrogens with two attached hydrogens (primary N) is 1. The van der Waals surface area contributed by atoms with Crippen LogP contribution in [0.3, 0.4) is 0 Å². The van der Waals surface area contributed by atoms with Gasteiger partial charge in [-0.1, -0.05) is 27.7 Å². The smallest absolute Gasteiger partial charge is 0.326 e. The highest BCUT2D eigenvalue weighted by Gasteiger charge is 2.31. The van der Waals surface area contributed by atoms with E-state index in [0.29, 0.717) is 0 Å². The monoisotopic (exact) mass is 488 g/mol. The summed E-state index contributed by atoms with van der Waals surface area (Å²) in [6.45, 7) is 7.08. The van der Waals surface area contributed by atoms with Crippen LogP contribution in [-0.4, -0.2) is 75.1 Å². The van der Waals surface area contributed by atoms with Gasteiger partial charge >= 0.3 is 17.9 Å². The minimum Gasteiger partial charge on any atom is -0.481 e. The maximum absolute atomic E-state index is 12.9. The van der Waals surface area contributed by atoms with Crippen molar-refractivity contribution < 1.29 is 44.1 Å². The van der Waals surface area contributed by atoms with Crippen LogP contribution in [-0.2, 0) is 28.8 Å². The highest BCUT2D eigenvalue weighted by atomic mass is 16.4. The summed E-state index contributed by atoms with van der Waals surface area (Å²) >= 11 is 0. The van der Waals surface area contributed by atoms with Gasteiger partial charge in [0.05, 0.1) is 6.04 Å². The number of carbonyl (C=O) groups excluding carboxylic acids is 3. The average Bonchev–Trinajstić information content (AvgIpc) is 2.71. The number of nitrogens with one attached hydrogen (secondary N) is 3. The topological polar surface area (TPSA) is 225 Å².